The van der Waals surface area contributed by atoms with E-state index in [1.165, 1.54) is 16.4 Å². The molecule has 0 aliphatic carbocycles. The van der Waals surface area contributed by atoms with E-state index in [2.05, 4.69) is 4.72 Å². The van der Waals surface area contributed by atoms with Crippen molar-refractivity contribution in [2.24, 2.45) is 0 Å². The van der Waals surface area contributed by atoms with Crippen LogP contribution in [0.2, 0.25) is 5.02 Å². The lowest BCUT2D eigenvalue weighted by molar-refractivity contribution is 0.336. The molecule has 0 fully saturated rings. The Balaban J connectivity index is 2.71. The summed E-state index contributed by atoms with van der Waals surface area (Å²) in [6.07, 6.45) is 1.10. The monoisotopic (exact) mass is 383 g/mol. The molecule has 0 spiro atoms. The summed E-state index contributed by atoms with van der Waals surface area (Å²) in [5, 5.41) is 0.118. The van der Waals surface area contributed by atoms with Gasteiger partial charge < -0.3 is 4.90 Å². The molecule has 1 N–H and O–H groups in total. The average Bonchev–Trinajstić information content (AvgIpc) is 2.41. The molecular weight excluding hydrogens is 362 g/mol. The van der Waals surface area contributed by atoms with Gasteiger partial charge in [0, 0.05) is 26.2 Å². The van der Waals surface area contributed by atoms with Crippen LogP contribution in [0.4, 0.5) is 0 Å². The van der Waals surface area contributed by atoms with E-state index in [0.717, 1.165) is 6.26 Å². The molecular formula is C13H22ClN3O4S2. The van der Waals surface area contributed by atoms with Crippen molar-refractivity contribution in [3.05, 3.63) is 29.3 Å². The number of hydrogen-bond donors (Lipinski definition) is 1. The minimum absolute atomic E-state index is 0.0270. The first-order chi connectivity index (χ1) is 10.5. The van der Waals surface area contributed by atoms with Crippen LogP contribution in [0.15, 0.2) is 29.2 Å². The van der Waals surface area contributed by atoms with E-state index < -0.39 is 20.0 Å². The van der Waals surface area contributed by atoms with E-state index in [9.17, 15) is 16.8 Å². The van der Waals surface area contributed by atoms with Crippen molar-refractivity contribution in [3.8, 4) is 0 Å². The van der Waals surface area contributed by atoms with E-state index in [-0.39, 0.29) is 23.0 Å². The molecule has 0 saturated heterocycles. The Morgan fingerprint density at radius 2 is 1.65 bits per heavy atom. The summed E-state index contributed by atoms with van der Waals surface area (Å²) in [4.78, 5) is 1.83. The highest BCUT2D eigenvalue weighted by molar-refractivity contribution is 7.89. The van der Waals surface area contributed by atoms with Crippen LogP contribution in [0.25, 0.3) is 0 Å². The first-order valence-corrected chi connectivity index (χ1v) is 10.6. The van der Waals surface area contributed by atoms with Crippen molar-refractivity contribution in [2.45, 2.75) is 4.90 Å². The second-order valence-corrected chi connectivity index (χ2v) is 9.42. The zero-order valence-electron chi connectivity index (χ0n) is 13.4. The van der Waals surface area contributed by atoms with E-state index in [0.29, 0.717) is 13.1 Å². The molecule has 10 heteroatoms. The Bertz CT molecular complexity index is 720. The number of sulfonamides is 2. The molecule has 0 saturated carbocycles. The van der Waals surface area contributed by atoms with Crippen molar-refractivity contribution < 1.29 is 16.8 Å². The molecule has 0 aliphatic heterocycles. The number of nitrogens with zero attached hydrogens (tertiary/aromatic N) is 2. The number of hydrogen-bond acceptors (Lipinski definition) is 5. The molecule has 0 amide bonds. The van der Waals surface area contributed by atoms with Gasteiger partial charge >= 0.3 is 0 Å². The first-order valence-electron chi connectivity index (χ1n) is 6.88. The van der Waals surface area contributed by atoms with Gasteiger partial charge in [0.2, 0.25) is 20.0 Å². The van der Waals surface area contributed by atoms with Gasteiger partial charge in [-0.3, -0.25) is 0 Å². The van der Waals surface area contributed by atoms with Crippen molar-refractivity contribution >= 4 is 31.6 Å². The Morgan fingerprint density at radius 3 is 2.17 bits per heavy atom. The second-order valence-electron chi connectivity index (χ2n) is 5.29. The molecule has 0 atom stereocenters. The van der Waals surface area contributed by atoms with E-state index in [1.54, 1.807) is 12.1 Å². The smallest absolute Gasteiger partial charge is 0.242 e. The summed E-state index contributed by atoms with van der Waals surface area (Å²) in [5.41, 5.74) is 0. The molecule has 1 rings (SSSR count). The van der Waals surface area contributed by atoms with Crippen LogP contribution in [0.1, 0.15) is 0 Å². The second kappa shape index (κ2) is 8.41. The van der Waals surface area contributed by atoms with E-state index >= 15 is 0 Å². The molecule has 1 aromatic rings. The lowest BCUT2D eigenvalue weighted by atomic mass is 10.4. The number of nitrogens with one attached hydrogen (secondary N) is 1. The Kier molecular flexibility index (Phi) is 7.43. The fourth-order valence-electron chi connectivity index (χ4n) is 1.80. The molecule has 132 valence electrons. The highest BCUT2D eigenvalue weighted by atomic mass is 35.5. The van der Waals surface area contributed by atoms with Crippen LogP contribution < -0.4 is 4.72 Å². The van der Waals surface area contributed by atoms with Crippen molar-refractivity contribution in [1.29, 1.82) is 0 Å². The molecule has 0 bridgehead atoms. The van der Waals surface area contributed by atoms with Crippen molar-refractivity contribution in [2.75, 3.05) is 46.5 Å². The van der Waals surface area contributed by atoms with Gasteiger partial charge in [0.1, 0.15) is 4.90 Å². The van der Waals surface area contributed by atoms with Gasteiger partial charge in [-0.05, 0) is 26.2 Å². The maximum atomic E-state index is 12.2. The number of benzene rings is 1. The minimum Gasteiger partial charge on any atom is -0.308 e. The summed E-state index contributed by atoms with van der Waals surface area (Å²) in [5.74, 6) is 0. The topological polar surface area (TPSA) is 86.8 Å². The summed E-state index contributed by atoms with van der Waals surface area (Å²) in [6.45, 7) is 0.856. The summed E-state index contributed by atoms with van der Waals surface area (Å²) in [6, 6.07) is 6.08. The third kappa shape index (κ3) is 6.74. The zero-order chi connectivity index (χ0) is 17.7. The number of rotatable bonds is 9. The standard InChI is InChI=1S/C13H22ClN3O4S2/c1-16(2)10-11-17(22(3,18)19)9-8-15-23(20,21)13-7-5-4-6-12(13)14/h4-7,15H,8-11H2,1-3H3. The van der Waals surface area contributed by atoms with Crippen molar-refractivity contribution in [3.63, 3.8) is 0 Å². The summed E-state index contributed by atoms with van der Waals surface area (Å²) < 4.78 is 51.4. The predicted molar refractivity (Wildman–Crippen MR) is 91.6 cm³/mol. The Morgan fingerprint density at radius 1 is 1.04 bits per heavy atom. The first kappa shape index (κ1) is 20.3. The van der Waals surface area contributed by atoms with Gasteiger partial charge in [-0.25, -0.2) is 21.6 Å². The lowest BCUT2D eigenvalue weighted by Gasteiger charge is -2.22. The van der Waals surface area contributed by atoms with Gasteiger partial charge in [-0.2, -0.15) is 4.31 Å². The zero-order valence-corrected chi connectivity index (χ0v) is 15.7. The molecule has 0 aromatic heterocycles. The van der Waals surface area contributed by atoms with Gasteiger partial charge in [-0.1, -0.05) is 23.7 Å². The van der Waals surface area contributed by atoms with Crippen LogP contribution in [-0.4, -0.2) is 72.6 Å². The lowest BCUT2D eigenvalue weighted by Crippen LogP contribution is -2.41. The van der Waals surface area contributed by atoms with Gasteiger partial charge in [0.25, 0.3) is 0 Å². The molecule has 0 aliphatic rings. The van der Waals surface area contributed by atoms with Crippen molar-refractivity contribution in [1.82, 2.24) is 13.9 Å². The van der Waals surface area contributed by atoms with Gasteiger partial charge in [0.15, 0.2) is 0 Å². The Labute approximate surface area is 143 Å². The van der Waals surface area contributed by atoms with Crippen LogP contribution >= 0.6 is 11.6 Å². The SMILES string of the molecule is CN(C)CCN(CCNS(=O)(=O)c1ccccc1Cl)S(C)(=O)=O. The normalized spacial score (nSPS) is 13.0. The summed E-state index contributed by atoms with van der Waals surface area (Å²) in [7, 11) is -3.51. The Hall–Kier alpha value is -0.710. The van der Waals surface area contributed by atoms with Crippen LogP contribution in [0.3, 0.4) is 0 Å². The fourth-order valence-corrected chi connectivity index (χ4v) is 4.17. The largest absolute Gasteiger partial charge is 0.308 e. The third-order valence-corrected chi connectivity index (χ3v) is 6.31. The minimum atomic E-state index is -3.78. The third-order valence-electron chi connectivity index (χ3n) is 3.05. The predicted octanol–water partition coefficient (Wildman–Crippen LogP) is 0.442. The van der Waals surface area contributed by atoms with Gasteiger partial charge in [-0.15, -0.1) is 0 Å². The molecule has 0 radical (unpaired) electrons. The molecule has 23 heavy (non-hydrogen) atoms. The van der Waals surface area contributed by atoms with E-state index in [1.807, 2.05) is 19.0 Å². The number of halogens is 1. The van der Waals surface area contributed by atoms with Gasteiger partial charge in [0.05, 0.1) is 11.3 Å². The maximum Gasteiger partial charge on any atom is 0.242 e. The molecule has 0 unspecified atom stereocenters. The number of likely N-dealkylation sites (N-methyl/N-ethyl adjacent to an activating group) is 1. The highest BCUT2D eigenvalue weighted by Gasteiger charge is 2.20. The molecule has 0 heterocycles. The van der Waals surface area contributed by atoms with Crippen LogP contribution in [0.5, 0.6) is 0 Å². The van der Waals surface area contributed by atoms with Crippen LogP contribution in [0, 0.1) is 0 Å². The maximum absolute atomic E-state index is 12.2. The highest BCUT2D eigenvalue weighted by Crippen LogP contribution is 2.19. The average molecular weight is 384 g/mol. The quantitative estimate of drug-likeness (QED) is 0.668. The fraction of sp³-hybridized carbons (Fsp3) is 0.538. The van der Waals surface area contributed by atoms with Crippen LogP contribution in [-0.2, 0) is 20.0 Å². The summed E-state index contributed by atoms with van der Waals surface area (Å²) >= 11 is 5.88. The molecule has 1 aromatic carbocycles. The molecule has 7 nitrogen and oxygen atoms in total. The van der Waals surface area contributed by atoms with E-state index in [4.69, 9.17) is 11.6 Å².